The number of nitrogens with zero attached hydrogens (tertiary/aromatic N) is 2. The summed E-state index contributed by atoms with van der Waals surface area (Å²) in [5, 5.41) is 4.59. The average molecular weight is 391 g/mol. The van der Waals surface area contributed by atoms with E-state index in [4.69, 9.17) is 0 Å². The van der Waals surface area contributed by atoms with E-state index in [-0.39, 0.29) is 51.4 Å². The predicted octanol–water partition coefficient (Wildman–Crippen LogP) is 3.48. The van der Waals surface area contributed by atoms with E-state index < -0.39 is 0 Å². The zero-order valence-electron chi connectivity index (χ0n) is 15.9. The maximum atomic E-state index is 4.59. The van der Waals surface area contributed by atoms with Gasteiger partial charge in [-0.2, -0.15) is 0 Å². The Morgan fingerprint density at radius 3 is 1.85 bits per heavy atom. The second-order valence-corrected chi connectivity index (χ2v) is 8.40. The van der Waals surface area contributed by atoms with Gasteiger partial charge in [-0.3, -0.25) is 0 Å². The van der Waals surface area contributed by atoms with Gasteiger partial charge in [-0.05, 0) is 41.2 Å². The number of hydrogen-bond donors (Lipinski definition) is 0. The molecule has 2 aromatic rings. The summed E-state index contributed by atoms with van der Waals surface area (Å²) < 4.78 is 1.47. The summed E-state index contributed by atoms with van der Waals surface area (Å²) >= 11 is 1.79. The maximum Gasteiger partial charge on any atom is 1.00 e. The Bertz CT molecular complexity index is 600. The molecule has 132 valence electrons. The molecule has 0 unspecified atom stereocenters. The van der Waals surface area contributed by atoms with Crippen molar-refractivity contribution in [1.29, 1.82) is 0 Å². The normalized spacial score (nSPS) is 19.7. The van der Waals surface area contributed by atoms with Crippen LogP contribution in [0.5, 0.6) is 0 Å². The molecule has 0 atom stereocenters. The SMILES string of the molecule is [CH-]1CC[N+]2(CC1)CCCCC2.[K+].c1ccc2c(c1)[N-]c1ccccc1S2. The summed E-state index contributed by atoms with van der Waals surface area (Å²) in [5.41, 5.74) is 2.16. The molecule has 4 heteroatoms. The van der Waals surface area contributed by atoms with Gasteiger partial charge in [0.25, 0.3) is 0 Å². The summed E-state index contributed by atoms with van der Waals surface area (Å²) in [5.74, 6) is 0. The first-order chi connectivity index (χ1) is 12.3. The predicted molar refractivity (Wildman–Crippen MR) is 107 cm³/mol. The van der Waals surface area contributed by atoms with Crippen molar-refractivity contribution in [2.24, 2.45) is 0 Å². The monoisotopic (exact) mass is 390 g/mol. The van der Waals surface area contributed by atoms with Crippen LogP contribution in [0.25, 0.3) is 5.32 Å². The molecule has 0 aromatic heterocycles. The Kier molecular flexibility index (Phi) is 8.13. The average Bonchev–Trinajstić information content (AvgIpc) is 2.68. The van der Waals surface area contributed by atoms with Gasteiger partial charge >= 0.3 is 51.4 Å². The molecule has 5 rings (SSSR count). The third kappa shape index (κ3) is 5.16. The Balaban J connectivity index is 0.000000149. The van der Waals surface area contributed by atoms with Crippen molar-refractivity contribution >= 4 is 23.1 Å². The zero-order valence-corrected chi connectivity index (χ0v) is 19.8. The van der Waals surface area contributed by atoms with Crippen molar-refractivity contribution in [3.05, 3.63) is 60.3 Å². The minimum absolute atomic E-state index is 0. The molecule has 3 aliphatic heterocycles. The van der Waals surface area contributed by atoms with Gasteiger partial charge in [-0.25, -0.2) is 0 Å². The van der Waals surface area contributed by atoms with Crippen LogP contribution < -0.4 is 51.4 Å². The van der Waals surface area contributed by atoms with Gasteiger partial charge in [0.05, 0.1) is 26.2 Å². The summed E-state index contributed by atoms with van der Waals surface area (Å²) in [7, 11) is 0. The molecule has 0 amide bonds. The summed E-state index contributed by atoms with van der Waals surface area (Å²) in [6.07, 6.45) is 9.68. The van der Waals surface area contributed by atoms with Crippen molar-refractivity contribution in [2.75, 3.05) is 26.2 Å². The number of fused-ring (bicyclic) bond motifs is 2. The molecule has 0 bridgehead atoms. The Labute approximate surface area is 205 Å². The van der Waals surface area contributed by atoms with E-state index in [1.54, 1.807) is 11.8 Å². The minimum Gasteiger partial charge on any atom is -0.656 e. The van der Waals surface area contributed by atoms with Gasteiger partial charge in [0.15, 0.2) is 0 Å². The number of piperidine rings is 2. The third-order valence-electron chi connectivity index (χ3n) is 5.57. The molecule has 1 spiro atoms. The fraction of sp³-hybridized carbons (Fsp3) is 0.409. The van der Waals surface area contributed by atoms with Crippen LogP contribution in [0.2, 0.25) is 0 Å². The smallest absolute Gasteiger partial charge is 0.656 e. The molecular weight excluding hydrogens is 363 g/mol. The Hall–Kier alpha value is 0.186. The van der Waals surface area contributed by atoms with E-state index in [9.17, 15) is 0 Å². The Morgan fingerprint density at radius 2 is 1.27 bits per heavy atom. The number of benzene rings is 2. The van der Waals surface area contributed by atoms with Gasteiger partial charge in [0.1, 0.15) is 0 Å². The molecule has 2 nitrogen and oxygen atoms in total. The fourth-order valence-electron chi connectivity index (χ4n) is 4.14. The topological polar surface area (TPSA) is 14.1 Å². The maximum absolute atomic E-state index is 4.59. The number of hydrogen-bond acceptors (Lipinski definition) is 1. The van der Waals surface area contributed by atoms with Crippen LogP contribution in [-0.2, 0) is 0 Å². The second kappa shape index (κ2) is 10.1. The van der Waals surface area contributed by atoms with Crippen molar-refractivity contribution < 1.29 is 55.9 Å². The molecule has 26 heavy (non-hydrogen) atoms. The molecule has 2 fully saturated rings. The van der Waals surface area contributed by atoms with Crippen molar-refractivity contribution in [3.63, 3.8) is 0 Å². The van der Waals surface area contributed by atoms with Gasteiger partial charge in [0.2, 0.25) is 0 Å². The fourth-order valence-corrected chi connectivity index (χ4v) is 5.10. The summed E-state index contributed by atoms with van der Waals surface area (Å²) in [6.45, 7) is 5.85. The summed E-state index contributed by atoms with van der Waals surface area (Å²) in [4.78, 5) is 2.48. The van der Waals surface area contributed by atoms with Crippen LogP contribution in [0.3, 0.4) is 0 Å². The van der Waals surface area contributed by atoms with Crippen molar-refractivity contribution in [1.82, 2.24) is 0 Å². The van der Waals surface area contributed by atoms with E-state index in [1.165, 1.54) is 72.6 Å². The quantitative estimate of drug-likeness (QED) is 0.326. The van der Waals surface area contributed by atoms with Gasteiger partial charge in [-0.15, -0.1) is 24.2 Å². The minimum atomic E-state index is 0. The largest absolute Gasteiger partial charge is 1.00 e. The van der Waals surface area contributed by atoms with E-state index in [1.807, 2.05) is 12.1 Å². The number of para-hydroxylation sites is 2. The van der Waals surface area contributed by atoms with Crippen LogP contribution in [0.1, 0.15) is 32.1 Å². The van der Waals surface area contributed by atoms with Crippen LogP contribution in [0.15, 0.2) is 58.3 Å². The molecule has 2 saturated heterocycles. The molecule has 2 aromatic carbocycles. The van der Waals surface area contributed by atoms with Gasteiger partial charge in [0, 0.05) is 0 Å². The first-order valence-electron chi connectivity index (χ1n) is 9.59. The van der Waals surface area contributed by atoms with E-state index in [2.05, 4.69) is 48.1 Å². The van der Waals surface area contributed by atoms with Gasteiger partial charge in [-0.1, -0.05) is 48.2 Å². The van der Waals surface area contributed by atoms with E-state index in [0.717, 1.165) is 11.4 Å². The molecule has 3 aliphatic rings. The van der Waals surface area contributed by atoms with E-state index in [0.29, 0.717) is 0 Å². The van der Waals surface area contributed by atoms with Crippen LogP contribution in [-0.4, -0.2) is 30.7 Å². The molecule has 0 N–H and O–H groups in total. The Morgan fingerprint density at radius 1 is 0.731 bits per heavy atom. The first-order valence-corrected chi connectivity index (χ1v) is 10.4. The first kappa shape index (κ1) is 20.9. The number of rotatable bonds is 0. The van der Waals surface area contributed by atoms with Crippen molar-refractivity contribution in [2.45, 2.75) is 41.9 Å². The molecule has 0 aliphatic carbocycles. The van der Waals surface area contributed by atoms with Gasteiger partial charge < -0.3 is 16.2 Å². The van der Waals surface area contributed by atoms with Crippen LogP contribution in [0.4, 0.5) is 11.4 Å². The zero-order chi connectivity index (χ0) is 17.0. The third-order valence-corrected chi connectivity index (χ3v) is 6.70. The summed E-state index contributed by atoms with van der Waals surface area (Å²) in [6, 6.07) is 16.5. The van der Waals surface area contributed by atoms with E-state index >= 15 is 0 Å². The second-order valence-electron chi connectivity index (χ2n) is 7.31. The van der Waals surface area contributed by atoms with Crippen LogP contribution >= 0.6 is 11.8 Å². The molecule has 3 heterocycles. The molecule has 0 radical (unpaired) electrons. The number of quaternary nitrogens is 1. The molecular formula is C22H27KN2S. The van der Waals surface area contributed by atoms with Crippen LogP contribution in [0, 0.1) is 6.42 Å². The molecule has 0 saturated carbocycles. The standard InChI is InChI=1S/C12H8NS.C10H19N.K/c1-3-7-11-9(5-1)13-10-6-2-4-8-12(10)14-11;1-3-7-11(8-4-1)9-5-2-6-10-11;/h1-8H;1H,2-10H2;/q-1;;+1. The van der Waals surface area contributed by atoms with Crippen molar-refractivity contribution in [3.8, 4) is 0 Å².